The molecule has 0 fully saturated rings. The van der Waals surface area contributed by atoms with Gasteiger partial charge in [-0.25, -0.2) is 0 Å². The monoisotopic (exact) mass is 296 g/mol. The van der Waals surface area contributed by atoms with Crippen molar-refractivity contribution in [3.8, 4) is 0 Å². The number of allylic oxidation sites excluding steroid dienone is 1. The quantitative estimate of drug-likeness (QED) is 0.330. The van der Waals surface area contributed by atoms with E-state index in [0.29, 0.717) is 12.8 Å². The lowest BCUT2D eigenvalue weighted by molar-refractivity contribution is -0.137. The molecule has 122 valence electrons. The Kier molecular flexibility index (Phi) is 13.1. The zero-order valence-electron chi connectivity index (χ0n) is 13.7. The molecular weight excluding hydrogens is 264 g/mol. The zero-order chi connectivity index (χ0) is 15.9. The number of hydrogen-bond acceptors (Lipinski definition) is 2. The lowest BCUT2D eigenvalue weighted by atomic mass is 10.00. The van der Waals surface area contributed by atoms with Crippen LogP contribution in [-0.2, 0) is 9.59 Å². The van der Waals surface area contributed by atoms with E-state index in [1.807, 2.05) is 0 Å². The normalized spacial score (nSPS) is 10.5. The van der Waals surface area contributed by atoms with Gasteiger partial charge in [-0.15, -0.1) is 0 Å². The van der Waals surface area contributed by atoms with Gasteiger partial charge in [0.1, 0.15) is 0 Å². The maximum absolute atomic E-state index is 11.9. The number of carboxylic acids is 1. The van der Waals surface area contributed by atoms with Crippen molar-refractivity contribution < 1.29 is 14.7 Å². The van der Waals surface area contributed by atoms with Gasteiger partial charge in [0, 0.05) is 12.8 Å². The smallest absolute Gasteiger partial charge is 0.303 e. The van der Waals surface area contributed by atoms with Crippen LogP contribution in [0.2, 0.25) is 0 Å². The summed E-state index contributed by atoms with van der Waals surface area (Å²) >= 11 is 0. The van der Waals surface area contributed by atoms with E-state index in [1.165, 1.54) is 32.1 Å². The van der Waals surface area contributed by atoms with Crippen LogP contribution in [-0.4, -0.2) is 16.9 Å². The first-order valence-corrected chi connectivity index (χ1v) is 8.50. The van der Waals surface area contributed by atoms with Crippen LogP contribution >= 0.6 is 0 Å². The van der Waals surface area contributed by atoms with Gasteiger partial charge in [-0.1, -0.05) is 58.4 Å². The Morgan fingerprint density at radius 2 is 1.24 bits per heavy atom. The molecule has 0 saturated heterocycles. The molecule has 0 unspecified atom stereocenters. The Morgan fingerprint density at radius 3 is 1.81 bits per heavy atom. The highest BCUT2D eigenvalue weighted by atomic mass is 16.4. The fourth-order valence-corrected chi connectivity index (χ4v) is 2.35. The number of rotatable bonds is 15. The fourth-order valence-electron chi connectivity index (χ4n) is 2.35. The van der Waals surface area contributed by atoms with Gasteiger partial charge < -0.3 is 5.11 Å². The Balaban J connectivity index is 3.45. The highest BCUT2D eigenvalue weighted by Gasteiger charge is 2.06. The SMILES string of the molecule is C=C(CCCCCCCC)C(=O)CCCCCCC(=O)O. The summed E-state index contributed by atoms with van der Waals surface area (Å²) in [6.45, 7) is 6.11. The molecule has 0 rings (SSSR count). The van der Waals surface area contributed by atoms with Crippen LogP contribution in [0.1, 0.15) is 90.4 Å². The third kappa shape index (κ3) is 13.6. The summed E-state index contributed by atoms with van der Waals surface area (Å²) in [6.07, 6.45) is 12.4. The maximum Gasteiger partial charge on any atom is 0.303 e. The number of carboxylic acid groups (broad SMARTS) is 1. The second-order valence-electron chi connectivity index (χ2n) is 5.85. The molecule has 0 aromatic carbocycles. The second kappa shape index (κ2) is 13.8. The molecule has 3 nitrogen and oxygen atoms in total. The van der Waals surface area contributed by atoms with Crippen molar-refractivity contribution in [2.45, 2.75) is 90.4 Å². The molecule has 0 aromatic rings. The summed E-state index contributed by atoms with van der Waals surface area (Å²) in [7, 11) is 0. The van der Waals surface area contributed by atoms with E-state index in [-0.39, 0.29) is 12.2 Å². The van der Waals surface area contributed by atoms with Crippen molar-refractivity contribution in [2.24, 2.45) is 0 Å². The molecule has 0 atom stereocenters. The average Bonchev–Trinajstić information content (AvgIpc) is 2.45. The first kappa shape index (κ1) is 19.9. The highest BCUT2D eigenvalue weighted by Crippen LogP contribution is 2.14. The molecule has 0 aliphatic heterocycles. The van der Waals surface area contributed by atoms with E-state index < -0.39 is 5.97 Å². The van der Waals surface area contributed by atoms with Gasteiger partial charge in [-0.05, 0) is 31.3 Å². The summed E-state index contributed by atoms with van der Waals surface area (Å²) in [5, 5.41) is 8.52. The number of Topliss-reactive ketones (excluding diaryl/α,β-unsaturated/α-hetero) is 1. The van der Waals surface area contributed by atoms with E-state index in [4.69, 9.17) is 5.11 Å². The standard InChI is InChI=1S/C18H32O3/c1-3-4-5-6-7-10-13-16(2)17(19)14-11-8-9-12-15-18(20)21/h2-15H2,1H3,(H,20,21). The minimum Gasteiger partial charge on any atom is -0.481 e. The molecule has 0 amide bonds. The topological polar surface area (TPSA) is 54.4 Å². The maximum atomic E-state index is 11.9. The number of carbonyl (C=O) groups excluding carboxylic acids is 1. The third-order valence-corrected chi connectivity index (χ3v) is 3.77. The number of ketones is 1. The number of aliphatic carboxylic acids is 1. The summed E-state index contributed by atoms with van der Waals surface area (Å²) in [4.78, 5) is 22.2. The minimum atomic E-state index is -0.738. The fraction of sp³-hybridized carbons (Fsp3) is 0.778. The predicted octanol–water partition coefficient (Wildman–Crippen LogP) is 5.29. The van der Waals surface area contributed by atoms with Crippen LogP contribution in [0.15, 0.2) is 12.2 Å². The average molecular weight is 296 g/mol. The molecule has 0 aromatic heterocycles. The van der Waals surface area contributed by atoms with Crippen molar-refractivity contribution in [2.75, 3.05) is 0 Å². The summed E-state index contributed by atoms with van der Waals surface area (Å²) in [5.41, 5.74) is 0.774. The van der Waals surface area contributed by atoms with E-state index in [9.17, 15) is 9.59 Å². The molecule has 21 heavy (non-hydrogen) atoms. The second-order valence-corrected chi connectivity index (χ2v) is 5.85. The van der Waals surface area contributed by atoms with Crippen LogP contribution in [0.4, 0.5) is 0 Å². The van der Waals surface area contributed by atoms with E-state index in [1.54, 1.807) is 0 Å². The van der Waals surface area contributed by atoms with Crippen LogP contribution in [0.25, 0.3) is 0 Å². The van der Waals surface area contributed by atoms with Gasteiger partial charge >= 0.3 is 5.97 Å². The summed E-state index contributed by atoms with van der Waals surface area (Å²) in [6, 6.07) is 0. The van der Waals surface area contributed by atoms with Crippen LogP contribution in [0.3, 0.4) is 0 Å². The number of unbranched alkanes of at least 4 members (excludes halogenated alkanes) is 8. The van der Waals surface area contributed by atoms with Crippen molar-refractivity contribution >= 4 is 11.8 Å². The molecule has 0 spiro atoms. The Morgan fingerprint density at radius 1 is 0.762 bits per heavy atom. The van der Waals surface area contributed by atoms with Gasteiger partial charge in [0.2, 0.25) is 0 Å². The number of hydrogen-bond donors (Lipinski definition) is 1. The lowest BCUT2D eigenvalue weighted by Gasteiger charge is -2.05. The molecule has 0 saturated carbocycles. The summed E-state index contributed by atoms with van der Waals surface area (Å²) < 4.78 is 0. The van der Waals surface area contributed by atoms with E-state index in [0.717, 1.165) is 37.7 Å². The van der Waals surface area contributed by atoms with Crippen molar-refractivity contribution in [1.82, 2.24) is 0 Å². The van der Waals surface area contributed by atoms with Gasteiger partial charge in [0.25, 0.3) is 0 Å². The zero-order valence-corrected chi connectivity index (χ0v) is 13.7. The van der Waals surface area contributed by atoms with Crippen LogP contribution in [0, 0.1) is 0 Å². The van der Waals surface area contributed by atoms with E-state index in [2.05, 4.69) is 13.5 Å². The molecular formula is C18H32O3. The molecule has 0 heterocycles. The van der Waals surface area contributed by atoms with Crippen molar-refractivity contribution in [1.29, 1.82) is 0 Å². The Labute approximate surface area is 129 Å². The Hall–Kier alpha value is -1.12. The first-order chi connectivity index (χ1) is 10.1. The van der Waals surface area contributed by atoms with Crippen molar-refractivity contribution in [3.63, 3.8) is 0 Å². The largest absolute Gasteiger partial charge is 0.481 e. The van der Waals surface area contributed by atoms with Gasteiger partial charge in [-0.3, -0.25) is 9.59 Å². The van der Waals surface area contributed by atoms with Gasteiger partial charge in [0.05, 0.1) is 0 Å². The lowest BCUT2D eigenvalue weighted by Crippen LogP contribution is -2.01. The Bertz CT molecular complexity index is 308. The predicted molar refractivity (Wildman–Crippen MR) is 87.5 cm³/mol. The highest BCUT2D eigenvalue weighted by molar-refractivity contribution is 5.94. The third-order valence-electron chi connectivity index (χ3n) is 3.77. The molecule has 0 bridgehead atoms. The van der Waals surface area contributed by atoms with E-state index >= 15 is 0 Å². The number of carbonyl (C=O) groups is 2. The minimum absolute atomic E-state index is 0.196. The molecule has 3 heteroatoms. The van der Waals surface area contributed by atoms with Gasteiger partial charge in [-0.2, -0.15) is 0 Å². The van der Waals surface area contributed by atoms with Gasteiger partial charge in [0.15, 0.2) is 5.78 Å². The van der Waals surface area contributed by atoms with Crippen LogP contribution in [0.5, 0.6) is 0 Å². The molecule has 1 N–H and O–H groups in total. The van der Waals surface area contributed by atoms with Crippen molar-refractivity contribution in [3.05, 3.63) is 12.2 Å². The van der Waals surface area contributed by atoms with Crippen LogP contribution < -0.4 is 0 Å². The first-order valence-electron chi connectivity index (χ1n) is 8.50. The molecule has 0 aliphatic rings. The molecule has 0 aliphatic carbocycles. The summed E-state index contributed by atoms with van der Waals surface area (Å²) in [5.74, 6) is -0.541. The molecule has 0 radical (unpaired) electrons.